The van der Waals surface area contributed by atoms with E-state index in [0.29, 0.717) is 12.0 Å². The Morgan fingerprint density at radius 3 is 1.93 bits per heavy atom. The van der Waals surface area contributed by atoms with Gasteiger partial charge >= 0.3 is 0 Å². The van der Waals surface area contributed by atoms with Gasteiger partial charge in [0.2, 0.25) is 0 Å². The first-order valence-electron chi connectivity index (χ1n) is 6.45. The summed E-state index contributed by atoms with van der Waals surface area (Å²) in [6.07, 6.45) is 10.2. The highest BCUT2D eigenvalue weighted by Crippen LogP contribution is 2.32. The third-order valence-electron chi connectivity index (χ3n) is 3.34. The van der Waals surface area contributed by atoms with Gasteiger partial charge in [-0.1, -0.05) is 45.4 Å². The fourth-order valence-corrected chi connectivity index (χ4v) is 2.14. The minimum atomic E-state index is 0.359. The average Bonchev–Trinajstić information content (AvgIpc) is 2.19. The van der Waals surface area contributed by atoms with Crippen molar-refractivity contribution in [3.63, 3.8) is 0 Å². The number of ether oxygens (including phenoxy) is 1. The molecule has 0 spiro atoms. The molecule has 0 aromatic heterocycles. The van der Waals surface area contributed by atoms with Gasteiger partial charge in [-0.15, -0.1) is 0 Å². The third-order valence-corrected chi connectivity index (χ3v) is 3.34. The maximum absolute atomic E-state index is 8.62. The molecule has 1 fully saturated rings. The molecule has 0 aromatic carbocycles. The summed E-state index contributed by atoms with van der Waals surface area (Å²) >= 11 is 0. The number of aliphatic hydroxyl groups excluding tert-OH is 1. The van der Waals surface area contributed by atoms with E-state index in [2.05, 4.69) is 6.92 Å². The van der Waals surface area contributed by atoms with Gasteiger partial charge in [-0.2, -0.15) is 0 Å². The second kappa shape index (κ2) is 7.24. The normalized spacial score (nSPS) is 18.8. The summed E-state index contributed by atoms with van der Waals surface area (Å²) in [5.74, 6) is 0. The van der Waals surface area contributed by atoms with E-state index in [1.807, 2.05) is 0 Å². The molecule has 0 amide bonds. The van der Waals surface area contributed by atoms with Crippen molar-refractivity contribution in [1.82, 2.24) is 0 Å². The number of aliphatic hydroxyl groups is 1. The topological polar surface area (TPSA) is 29.5 Å². The predicted molar refractivity (Wildman–Crippen MR) is 62.9 cm³/mol. The zero-order chi connectivity index (χ0) is 11.0. The van der Waals surface area contributed by atoms with Gasteiger partial charge in [-0.3, -0.25) is 0 Å². The minimum absolute atomic E-state index is 0.359. The average molecular weight is 214 g/mol. The molecule has 1 aliphatic rings. The lowest BCUT2D eigenvalue weighted by molar-refractivity contribution is -0.106. The molecule has 15 heavy (non-hydrogen) atoms. The lowest BCUT2D eigenvalue weighted by Gasteiger charge is -2.38. The number of rotatable bonds is 9. The van der Waals surface area contributed by atoms with Gasteiger partial charge in [-0.05, 0) is 12.8 Å². The number of hydrogen-bond acceptors (Lipinski definition) is 2. The van der Waals surface area contributed by atoms with E-state index in [1.165, 1.54) is 44.9 Å². The zero-order valence-electron chi connectivity index (χ0n) is 10.1. The fourth-order valence-electron chi connectivity index (χ4n) is 2.14. The molecule has 0 radical (unpaired) electrons. The lowest BCUT2D eigenvalue weighted by atomic mass is 9.83. The zero-order valence-corrected chi connectivity index (χ0v) is 10.1. The van der Waals surface area contributed by atoms with E-state index in [9.17, 15) is 0 Å². The van der Waals surface area contributed by atoms with Crippen molar-refractivity contribution >= 4 is 0 Å². The smallest absolute Gasteiger partial charge is 0.0542 e. The first-order valence-corrected chi connectivity index (χ1v) is 6.45. The summed E-state index contributed by atoms with van der Waals surface area (Å²) in [7, 11) is 0. The molecule has 1 heterocycles. The van der Waals surface area contributed by atoms with E-state index in [1.54, 1.807) is 0 Å². The van der Waals surface area contributed by atoms with Gasteiger partial charge in [0.1, 0.15) is 0 Å². The van der Waals surface area contributed by atoms with Crippen LogP contribution < -0.4 is 0 Å². The predicted octanol–water partition coefficient (Wildman–Crippen LogP) is 3.14. The lowest BCUT2D eigenvalue weighted by Crippen LogP contribution is -2.39. The monoisotopic (exact) mass is 214 g/mol. The molecule has 0 saturated carbocycles. The molecule has 0 atom stereocenters. The highest BCUT2D eigenvalue weighted by molar-refractivity contribution is 4.80. The van der Waals surface area contributed by atoms with Crippen LogP contribution in [0.2, 0.25) is 0 Å². The second-order valence-corrected chi connectivity index (χ2v) is 5.25. The van der Waals surface area contributed by atoms with Crippen molar-refractivity contribution in [2.24, 2.45) is 5.41 Å². The first-order chi connectivity index (χ1) is 7.27. The van der Waals surface area contributed by atoms with Crippen LogP contribution in [0.15, 0.2) is 0 Å². The Morgan fingerprint density at radius 1 is 0.933 bits per heavy atom. The van der Waals surface area contributed by atoms with Crippen LogP contribution in [0.25, 0.3) is 0 Å². The summed E-state index contributed by atoms with van der Waals surface area (Å²) in [6.45, 7) is 4.64. The van der Waals surface area contributed by atoms with Gasteiger partial charge in [-0.25, -0.2) is 0 Å². The fraction of sp³-hybridized carbons (Fsp3) is 1.00. The Balaban J connectivity index is 1.77. The van der Waals surface area contributed by atoms with Crippen molar-refractivity contribution in [3.05, 3.63) is 0 Å². The summed E-state index contributed by atoms with van der Waals surface area (Å²) in [5.41, 5.74) is 0.511. The van der Waals surface area contributed by atoms with Crippen LogP contribution >= 0.6 is 0 Å². The van der Waals surface area contributed by atoms with Crippen molar-refractivity contribution in [3.8, 4) is 0 Å². The highest BCUT2D eigenvalue weighted by Gasteiger charge is 2.32. The largest absolute Gasteiger partial charge is 0.396 e. The van der Waals surface area contributed by atoms with Crippen LogP contribution in [0.3, 0.4) is 0 Å². The number of unbranched alkanes of at least 4 members (excludes halogenated alkanes) is 6. The minimum Gasteiger partial charge on any atom is -0.396 e. The second-order valence-electron chi connectivity index (χ2n) is 5.25. The molecule has 0 aromatic rings. The Kier molecular flexibility index (Phi) is 6.26. The molecule has 90 valence electrons. The van der Waals surface area contributed by atoms with Gasteiger partial charge in [0, 0.05) is 12.0 Å². The van der Waals surface area contributed by atoms with Crippen molar-refractivity contribution in [2.45, 2.75) is 58.3 Å². The van der Waals surface area contributed by atoms with E-state index >= 15 is 0 Å². The summed E-state index contributed by atoms with van der Waals surface area (Å²) in [4.78, 5) is 0. The molecular formula is C13H26O2. The van der Waals surface area contributed by atoms with Gasteiger partial charge < -0.3 is 9.84 Å². The van der Waals surface area contributed by atoms with E-state index in [-0.39, 0.29) is 0 Å². The molecule has 0 aliphatic carbocycles. The molecule has 1 rings (SSSR count). The third kappa shape index (κ3) is 5.53. The molecule has 1 aliphatic heterocycles. The van der Waals surface area contributed by atoms with E-state index in [0.717, 1.165) is 19.6 Å². The van der Waals surface area contributed by atoms with Crippen LogP contribution in [0.4, 0.5) is 0 Å². The Bertz CT molecular complexity index is 153. The molecule has 0 bridgehead atoms. The quantitative estimate of drug-likeness (QED) is 0.597. The van der Waals surface area contributed by atoms with Crippen molar-refractivity contribution < 1.29 is 9.84 Å². The summed E-state index contributed by atoms with van der Waals surface area (Å²) in [5, 5.41) is 8.62. The highest BCUT2D eigenvalue weighted by atomic mass is 16.5. The SMILES string of the molecule is CC1(CCCCCCCCCO)COC1. The Labute approximate surface area is 94.0 Å². The standard InChI is InChI=1S/C13H26O2/c1-13(11-15-12-13)9-7-5-3-2-4-6-8-10-14/h14H,2-12H2,1H3. The van der Waals surface area contributed by atoms with Crippen LogP contribution in [0, 0.1) is 5.41 Å². The molecule has 1 saturated heterocycles. The molecule has 1 N–H and O–H groups in total. The van der Waals surface area contributed by atoms with Crippen LogP contribution in [0.5, 0.6) is 0 Å². The van der Waals surface area contributed by atoms with Gasteiger partial charge in [0.15, 0.2) is 0 Å². The van der Waals surface area contributed by atoms with E-state index in [4.69, 9.17) is 9.84 Å². The van der Waals surface area contributed by atoms with Gasteiger partial charge in [0.25, 0.3) is 0 Å². The molecule has 2 nitrogen and oxygen atoms in total. The molecular weight excluding hydrogens is 188 g/mol. The number of hydrogen-bond donors (Lipinski definition) is 1. The van der Waals surface area contributed by atoms with Crippen molar-refractivity contribution in [1.29, 1.82) is 0 Å². The van der Waals surface area contributed by atoms with E-state index < -0.39 is 0 Å². The maximum Gasteiger partial charge on any atom is 0.0542 e. The van der Waals surface area contributed by atoms with Crippen LogP contribution in [-0.2, 0) is 4.74 Å². The van der Waals surface area contributed by atoms with Crippen LogP contribution in [0.1, 0.15) is 58.3 Å². The Hall–Kier alpha value is -0.0800. The summed E-state index contributed by atoms with van der Waals surface area (Å²) < 4.78 is 5.24. The summed E-state index contributed by atoms with van der Waals surface area (Å²) in [6, 6.07) is 0. The van der Waals surface area contributed by atoms with Gasteiger partial charge in [0.05, 0.1) is 13.2 Å². The maximum atomic E-state index is 8.62. The molecule has 2 heteroatoms. The van der Waals surface area contributed by atoms with Crippen molar-refractivity contribution in [2.75, 3.05) is 19.8 Å². The van der Waals surface area contributed by atoms with Crippen LogP contribution in [-0.4, -0.2) is 24.9 Å². The molecule has 0 unspecified atom stereocenters. The first kappa shape index (κ1) is 13.0. The Morgan fingerprint density at radius 2 is 1.47 bits per heavy atom.